The van der Waals surface area contributed by atoms with Gasteiger partial charge in [0, 0.05) is 37.0 Å². The van der Waals surface area contributed by atoms with Crippen LogP contribution in [0.1, 0.15) is 50.5 Å². The second-order valence-corrected chi connectivity index (χ2v) is 9.71. The Hall–Kier alpha value is -3.09. The number of carbonyl (C=O) groups excluding carboxylic acids is 1. The van der Waals surface area contributed by atoms with Crippen LogP contribution in [0.3, 0.4) is 0 Å². The van der Waals surface area contributed by atoms with Crippen molar-refractivity contribution in [2.24, 2.45) is 11.8 Å². The van der Waals surface area contributed by atoms with Gasteiger partial charge in [-0.2, -0.15) is 0 Å². The normalized spacial score (nSPS) is 22.7. The molecule has 2 aromatic carbocycles. The average molecular weight is 466 g/mol. The molecule has 0 radical (unpaired) electrons. The number of carbonyl (C=O) groups is 1. The lowest BCUT2D eigenvalue weighted by Crippen LogP contribution is -2.44. The molecule has 1 amide bonds. The number of nitrogens with one attached hydrogen (secondary N) is 1. The van der Waals surface area contributed by atoms with Crippen molar-refractivity contribution in [3.63, 3.8) is 0 Å². The Bertz CT molecular complexity index is 978. The third kappa shape index (κ3) is 6.27. The Morgan fingerprint density at radius 1 is 1.12 bits per heavy atom. The number of non-ortho nitro benzene ring substituents is 1. The van der Waals surface area contributed by atoms with E-state index in [9.17, 15) is 14.9 Å². The van der Waals surface area contributed by atoms with Crippen molar-refractivity contribution in [1.29, 1.82) is 0 Å². The SMILES string of the molecule is COc1cccc(CC(=O)N[C@@H]2CCCC[C@H]2CC2CCCN(c3ccc([N+](=O)[O-])cc3)C2)c1. The monoisotopic (exact) mass is 465 g/mol. The lowest BCUT2D eigenvalue weighted by atomic mass is 9.77. The van der Waals surface area contributed by atoms with E-state index in [1.165, 1.54) is 19.3 Å². The van der Waals surface area contributed by atoms with Crippen LogP contribution in [0.25, 0.3) is 0 Å². The van der Waals surface area contributed by atoms with Gasteiger partial charge in [-0.05, 0) is 73.8 Å². The summed E-state index contributed by atoms with van der Waals surface area (Å²) in [7, 11) is 1.64. The first kappa shape index (κ1) is 24.0. The first-order valence-corrected chi connectivity index (χ1v) is 12.4. The number of rotatable bonds is 8. The minimum atomic E-state index is -0.353. The number of benzene rings is 2. The second kappa shape index (κ2) is 11.4. The zero-order valence-corrected chi connectivity index (χ0v) is 19.9. The van der Waals surface area contributed by atoms with Crippen molar-refractivity contribution in [1.82, 2.24) is 5.32 Å². The van der Waals surface area contributed by atoms with Crippen LogP contribution in [0.4, 0.5) is 11.4 Å². The number of amides is 1. The average Bonchev–Trinajstić information content (AvgIpc) is 2.85. The Kier molecular flexibility index (Phi) is 8.03. The number of nitrogens with zero attached hydrogens (tertiary/aromatic N) is 2. The number of hydrogen-bond acceptors (Lipinski definition) is 5. The Balaban J connectivity index is 1.33. The molecule has 3 atom stereocenters. The zero-order chi connectivity index (χ0) is 23.9. The van der Waals surface area contributed by atoms with Gasteiger partial charge in [-0.1, -0.05) is 25.0 Å². The Morgan fingerprint density at radius 3 is 2.68 bits per heavy atom. The smallest absolute Gasteiger partial charge is 0.269 e. The number of nitro groups is 1. The fourth-order valence-corrected chi connectivity index (χ4v) is 5.61. The molecule has 2 aliphatic rings. The van der Waals surface area contributed by atoms with Crippen molar-refractivity contribution in [2.45, 2.75) is 57.4 Å². The highest BCUT2D eigenvalue weighted by molar-refractivity contribution is 5.79. The van der Waals surface area contributed by atoms with E-state index in [4.69, 9.17) is 4.74 Å². The second-order valence-electron chi connectivity index (χ2n) is 9.71. The molecule has 2 aromatic rings. The maximum absolute atomic E-state index is 12.8. The minimum absolute atomic E-state index is 0.0845. The summed E-state index contributed by atoms with van der Waals surface area (Å²) in [5, 5.41) is 14.3. The molecule has 1 unspecified atom stereocenters. The van der Waals surface area contributed by atoms with E-state index >= 15 is 0 Å². The van der Waals surface area contributed by atoms with Crippen LogP contribution in [0, 0.1) is 22.0 Å². The summed E-state index contributed by atoms with van der Waals surface area (Å²) in [6.45, 7) is 1.96. The van der Waals surface area contributed by atoms with Crippen LogP contribution in [0.15, 0.2) is 48.5 Å². The van der Waals surface area contributed by atoms with Crippen molar-refractivity contribution in [3.05, 3.63) is 64.2 Å². The van der Waals surface area contributed by atoms with E-state index in [1.54, 1.807) is 19.2 Å². The highest BCUT2D eigenvalue weighted by Gasteiger charge is 2.31. The van der Waals surface area contributed by atoms with Gasteiger partial charge in [0.2, 0.25) is 5.91 Å². The topological polar surface area (TPSA) is 84.7 Å². The predicted molar refractivity (Wildman–Crippen MR) is 133 cm³/mol. The number of anilines is 1. The number of ether oxygens (including phenoxy) is 1. The zero-order valence-electron chi connectivity index (χ0n) is 19.9. The molecule has 34 heavy (non-hydrogen) atoms. The third-order valence-corrected chi connectivity index (χ3v) is 7.34. The van der Waals surface area contributed by atoms with Crippen LogP contribution in [0.5, 0.6) is 5.75 Å². The van der Waals surface area contributed by atoms with Gasteiger partial charge >= 0.3 is 0 Å². The van der Waals surface area contributed by atoms with Crippen LogP contribution in [0.2, 0.25) is 0 Å². The van der Waals surface area contributed by atoms with Gasteiger partial charge in [0.1, 0.15) is 5.75 Å². The molecular formula is C27H35N3O4. The lowest BCUT2D eigenvalue weighted by molar-refractivity contribution is -0.384. The van der Waals surface area contributed by atoms with Crippen LogP contribution < -0.4 is 15.0 Å². The first-order valence-electron chi connectivity index (χ1n) is 12.4. The molecule has 1 saturated carbocycles. The third-order valence-electron chi connectivity index (χ3n) is 7.34. The summed E-state index contributed by atoms with van der Waals surface area (Å²) in [4.78, 5) is 25.8. The molecule has 1 saturated heterocycles. The molecule has 1 heterocycles. The maximum Gasteiger partial charge on any atom is 0.269 e. The Labute approximate surface area is 201 Å². The van der Waals surface area contributed by atoms with Crippen LogP contribution in [-0.2, 0) is 11.2 Å². The highest BCUT2D eigenvalue weighted by atomic mass is 16.6. The van der Waals surface area contributed by atoms with Gasteiger partial charge < -0.3 is 15.0 Å². The molecule has 182 valence electrons. The standard InChI is InChI=1S/C27H35N3O4/c1-34-25-9-4-6-20(17-25)18-27(31)28-26-10-3-2-8-22(26)16-21-7-5-15-29(19-21)23-11-13-24(14-12-23)30(32)33/h4,6,9,11-14,17,21-22,26H,2-3,5,7-8,10,15-16,18-19H2,1H3,(H,28,31)/t21?,22-,26+/m0/s1. The summed E-state index contributed by atoms with van der Waals surface area (Å²) in [6.07, 6.45) is 8.42. The summed E-state index contributed by atoms with van der Waals surface area (Å²) in [5.74, 6) is 1.94. The molecule has 0 aromatic heterocycles. The lowest BCUT2D eigenvalue weighted by Gasteiger charge is -2.39. The van der Waals surface area contributed by atoms with Crippen molar-refractivity contribution in [3.8, 4) is 5.75 Å². The molecule has 0 bridgehead atoms. The van der Waals surface area contributed by atoms with Gasteiger partial charge in [-0.25, -0.2) is 0 Å². The highest BCUT2D eigenvalue weighted by Crippen LogP contribution is 2.34. The van der Waals surface area contributed by atoms with E-state index < -0.39 is 0 Å². The first-order chi connectivity index (χ1) is 16.5. The van der Waals surface area contributed by atoms with Gasteiger partial charge in [0.15, 0.2) is 0 Å². The van der Waals surface area contributed by atoms with Gasteiger partial charge in [-0.15, -0.1) is 0 Å². The van der Waals surface area contributed by atoms with E-state index in [1.807, 2.05) is 36.4 Å². The summed E-state index contributed by atoms with van der Waals surface area (Å²) < 4.78 is 5.28. The van der Waals surface area contributed by atoms with Crippen molar-refractivity contribution < 1.29 is 14.5 Å². The molecule has 1 aliphatic heterocycles. The quantitative estimate of drug-likeness (QED) is 0.432. The molecule has 1 N–H and O–H groups in total. The molecule has 4 rings (SSSR count). The largest absolute Gasteiger partial charge is 0.497 e. The van der Waals surface area contributed by atoms with E-state index in [0.717, 1.165) is 55.8 Å². The van der Waals surface area contributed by atoms with Crippen molar-refractivity contribution >= 4 is 17.3 Å². The fraction of sp³-hybridized carbons (Fsp3) is 0.519. The van der Waals surface area contributed by atoms with Gasteiger partial charge in [-0.3, -0.25) is 14.9 Å². The number of piperidine rings is 1. The molecule has 0 spiro atoms. The van der Waals surface area contributed by atoms with Crippen LogP contribution >= 0.6 is 0 Å². The molecular weight excluding hydrogens is 430 g/mol. The van der Waals surface area contributed by atoms with Crippen LogP contribution in [-0.4, -0.2) is 37.1 Å². The molecule has 7 nitrogen and oxygen atoms in total. The van der Waals surface area contributed by atoms with Gasteiger partial charge in [0.25, 0.3) is 5.69 Å². The molecule has 2 fully saturated rings. The number of nitro benzene ring substituents is 1. The van der Waals surface area contributed by atoms with E-state index in [2.05, 4.69) is 10.2 Å². The summed E-state index contributed by atoms with van der Waals surface area (Å²) >= 11 is 0. The molecule has 7 heteroatoms. The predicted octanol–water partition coefficient (Wildman–Crippen LogP) is 5.13. The van der Waals surface area contributed by atoms with Gasteiger partial charge in [0.05, 0.1) is 18.5 Å². The fourth-order valence-electron chi connectivity index (χ4n) is 5.61. The Morgan fingerprint density at radius 2 is 1.91 bits per heavy atom. The van der Waals surface area contributed by atoms with Crippen molar-refractivity contribution in [2.75, 3.05) is 25.1 Å². The summed E-state index contributed by atoms with van der Waals surface area (Å²) in [6, 6.07) is 14.9. The molecule has 1 aliphatic carbocycles. The maximum atomic E-state index is 12.8. The number of hydrogen-bond donors (Lipinski definition) is 1. The van der Waals surface area contributed by atoms with E-state index in [0.29, 0.717) is 18.3 Å². The van der Waals surface area contributed by atoms with E-state index in [-0.39, 0.29) is 22.6 Å². The number of methoxy groups -OCH3 is 1. The summed E-state index contributed by atoms with van der Waals surface area (Å²) in [5.41, 5.74) is 2.16. The minimum Gasteiger partial charge on any atom is -0.497 e.